The second-order valence-electron chi connectivity index (χ2n) is 7.40. The third-order valence-corrected chi connectivity index (χ3v) is 5.96. The number of aromatic amines is 1. The molecule has 2 atom stereocenters. The molecular weight excluding hydrogens is 413 g/mol. The molecule has 0 amide bonds. The third kappa shape index (κ3) is 5.37. The van der Waals surface area contributed by atoms with Gasteiger partial charge in [-0.1, -0.05) is 19.1 Å². The molecule has 0 bridgehead atoms. The van der Waals surface area contributed by atoms with Crippen LogP contribution in [-0.2, 0) is 32.8 Å². The van der Waals surface area contributed by atoms with E-state index >= 15 is 0 Å². The molecule has 1 radical (unpaired) electrons. The van der Waals surface area contributed by atoms with Gasteiger partial charge in [0.2, 0.25) is 0 Å². The molecule has 4 rings (SSSR count). The van der Waals surface area contributed by atoms with Crippen LogP contribution in [0.15, 0.2) is 41.7 Å². The summed E-state index contributed by atoms with van der Waals surface area (Å²) in [4.78, 5) is 12.0. The molecule has 30 heavy (non-hydrogen) atoms. The van der Waals surface area contributed by atoms with Gasteiger partial charge in [-0.3, -0.25) is 9.97 Å². The predicted molar refractivity (Wildman–Crippen MR) is 116 cm³/mol. The Morgan fingerprint density at radius 2 is 2.10 bits per heavy atom. The first-order valence-corrected chi connectivity index (χ1v) is 11.0. The second-order valence-corrected chi connectivity index (χ2v) is 8.76. The van der Waals surface area contributed by atoms with Crippen LogP contribution in [0.4, 0.5) is 0 Å². The molecule has 1 saturated heterocycles. The van der Waals surface area contributed by atoms with Crippen LogP contribution < -0.4 is 4.74 Å². The van der Waals surface area contributed by atoms with Gasteiger partial charge in [0.15, 0.2) is 11.5 Å². The van der Waals surface area contributed by atoms with Crippen molar-refractivity contribution in [3.05, 3.63) is 47.8 Å². The summed E-state index contributed by atoms with van der Waals surface area (Å²) in [7, 11) is 0. The average Bonchev–Trinajstić information content (AvgIpc) is 3.29. The first-order chi connectivity index (χ1) is 13.9. The van der Waals surface area contributed by atoms with Crippen molar-refractivity contribution in [3.63, 3.8) is 0 Å². The average molecular weight is 439 g/mol. The van der Waals surface area contributed by atoms with Gasteiger partial charge < -0.3 is 18.8 Å². The van der Waals surface area contributed by atoms with E-state index in [0.717, 1.165) is 34.5 Å². The van der Waals surface area contributed by atoms with Crippen LogP contribution in [0.2, 0.25) is 0 Å². The van der Waals surface area contributed by atoms with Crippen LogP contribution in [0.3, 0.4) is 0 Å². The zero-order chi connectivity index (χ0) is 20.4. The molecular formula is C21H25N3NaO4S. The number of benzene rings is 1. The Bertz CT molecular complexity index is 964. The van der Waals surface area contributed by atoms with Gasteiger partial charge in [-0.2, -0.15) is 4.98 Å². The Morgan fingerprint density at radius 3 is 2.80 bits per heavy atom. The topological polar surface area (TPSA) is 92.3 Å². The summed E-state index contributed by atoms with van der Waals surface area (Å²) in [6.07, 6.45) is 2.30. The minimum Gasteiger partial charge on any atom is -0.609 e. The maximum absolute atomic E-state index is 12.9. The second kappa shape index (κ2) is 9.99. The molecule has 7 nitrogen and oxygen atoms in total. The molecule has 1 aliphatic heterocycles. The summed E-state index contributed by atoms with van der Waals surface area (Å²) in [6, 6.07) is 9.49. The molecule has 2 unspecified atom stereocenters. The van der Waals surface area contributed by atoms with Gasteiger partial charge in [-0.25, -0.2) is 0 Å². The maximum Gasteiger partial charge on any atom is 0.322 e. The number of nitrogens with one attached hydrogen (secondary N) is 1. The first kappa shape index (κ1) is 23.5. The van der Waals surface area contributed by atoms with Crippen molar-refractivity contribution >= 4 is 51.8 Å². The summed E-state index contributed by atoms with van der Waals surface area (Å²) in [5.41, 5.74) is 3.39. The molecule has 1 N–H and O–H groups in total. The molecule has 0 aliphatic carbocycles. The Labute approximate surface area is 201 Å². The molecule has 1 fully saturated rings. The van der Waals surface area contributed by atoms with Gasteiger partial charge in [0, 0.05) is 52.5 Å². The smallest absolute Gasteiger partial charge is 0.322 e. The number of pyridine rings is 1. The number of para-hydroxylation sites is 2. The fourth-order valence-corrected chi connectivity index (χ4v) is 4.47. The van der Waals surface area contributed by atoms with E-state index in [0.29, 0.717) is 18.4 Å². The van der Waals surface area contributed by atoms with E-state index in [1.54, 1.807) is 6.20 Å². The molecule has 3 aromatic rings. The van der Waals surface area contributed by atoms with E-state index in [4.69, 9.17) is 14.2 Å². The minimum atomic E-state index is -1.33. The number of nitrogens with zero attached hydrogens (tertiary/aromatic N) is 2. The minimum absolute atomic E-state index is 0. The fourth-order valence-electron chi connectivity index (χ4n) is 3.41. The van der Waals surface area contributed by atoms with Crippen LogP contribution in [0.25, 0.3) is 11.0 Å². The summed E-state index contributed by atoms with van der Waals surface area (Å²) in [5, 5.41) is 0.458. The van der Waals surface area contributed by atoms with Crippen molar-refractivity contribution < 1.29 is 18.8 Å². The quantitative estimate of drug-likeness (QED) is 0.450. The van der Waals surface area contributed by atoms with Gasteiger partial charge in [0.25, 0.3) is 0 Å². The molecule has 1 aromatic carbocycles. The molecule has 155 valence electrons. The summed E-state index contributed by atoms with van der Waals surface area (Å²) >= 11 is -1.33. The molecule has 0 saturated carbocycles. The van der Waals surface area contributed by atoms with Gasteiger partial charge in [0.1, 0.15) is 18.5 Å². The Hall–Kier alpha value is -1.13. The van der Waals surface area contributed by atoms with E-state index in [9.17, 15) is 4.55 Å². The number of fused-ring (bicyclic) bond motifs is 1. The monoisotopic (exact) mass is 438 g/mol. The van der Waals surface area contributed by atoms with Gasteiger partial charge in [0.05, 0.1) is 23.3 Å². The number of imidazole rings is 1. The molecule has 0 spiro atoms. The van der Waals surface area contributed by atoms with Crippen molar-refractivity contribution in [1.82, 2.24) is 15.0 Å². The number of aromatic nitrogens is 3. The van der Waals surface area contributed by atoms with Crippen LogP contribution >= 0.6 is 0 Å². The Kier molecular flexibility index (Phi) is 7.84. The maximum atomic E-state index is 12.9. The fraction of sp³-hybridized carbons (Fsp3) is 0.429. The van der Waals surface area contributed by atoms with Gasteiger partial charge in [-0.15, -0.1) is 0 Å². The van der Waals surface area contributed by atoms with Crippen LogP contribution in [0, 0.1) is 0 Å². The Morgan fingerprint density at radius 1 is 1.30 bits per heavy atom. The molecule has 1 aliphatic rings. The van der Waals surface area contributed by atoms with E-state index in [-0.39, 0.29) is 41.4 Å². The van der Waals surface area contributed by atoms with E-state index in [2.05, 4.69) is 15.0 Å². The zero-order valence-corrected chi connectivity index (χ0v) is 20.6. The summed E-state index contributed by atoms with van der Waals surface area (Å²) < 4.78 is 30.3. The number of ether oxygens (including phenoxy) is 3. The van der Waals surface area contributed by atoms with Crippen LogP contribution in [0.5, 0.6) is 5.75 Å². The zero-order valence-electron chi connectivity index (χ0n) is 17.8. The Balaban J connectivity index is 0.00000256. The molecule has 2 aromatic heterocycles. The number of rotatable bonds is 7. The van der Waals surface area contributed by atoms with Crippen molar-refractivity contribution in [2.24, 2.45) is 0 Å². The largest absolute Gasteiger partial charge is 0.609 e. The third-order valence-electron chi connectivity index (χ3n) is 4.80. The van der Waals surface area contributed by atoms with E-state index in [1.165, 1.54) is 0 Å². The van der Waals surface area contributed by atoms with E-state index in [1.807, 2.05) is 51.1 Å². The normalized spacial score (nSPS) is 18.9. The van der Waals surface area contributed by atoms with Crippen LogP contribution in [0.1, 0.15) is 32.0 Å². The first-order valence-electron chi connectivity index (χ1n) is 9.69. The molecule has 3 heterocycles. The number of hydrogen-bond acceptors (Lipinski definition) is 6. The van der Waals surface area contributed by atoms with Crippen molar-refractivity contribution in [1.29, 1.82) is 0 Å². The van der Waals surface area contributed by atoms with Gasteiger partial charge >= 0.3 is 5.16 Å². The number of hydrogen-bond donors (Lipinski definition) is 1. The summed E-state index contributed by atoms with van der Waals surface area (Å²) in [6.45, 7) is 6.72. The van der Waals surface area contributed by atoms with Crippen molar-refractivity contribution in [3.8, 4) is 5.75 Å². The van der Waals surface area contributed by atoms with Crippen LogP contribution in [-0.4, -0.2) is 74.2 Å². The van der Waals surface area contributed by atoms with E-state index < -0.39 is 17.0 Å². The standard InChI is InChI=1S/C21H25N3O4S.Na/c1-4-15-18(13-29(25)20-23-16-7-5-6-8-17(16)24-20)22-10-9-19(15)26-11-14-12-27-21(2,3)28-14;/h5-10,14H,4,11-13H2,1-3H3,(H,23,24);. The SMILES string of the molecule is CCc1c(OCC2COC(C)(C)O2)ccnc1C[S+]([O-])c1nc2ccccc2[nH]1.[Na]. The van der Waals surface area contributed by atoms with Crippen molar-refractivity contribution in [2.45, 2.75) is 50.0 Å². The number of H-pyrrole nitrogens is 1. The molecule has 9 heteroatoms. The predicted octanol–water partition coefficient (Wildman–Crippen LogP) is 2.98. The van der Waals surface area contributed by atoms with Crippen molar-refractivity contribution in [2.75, 3.05) is 13.2 Å². The van der Waals surface area contributed by atoms with Gasteiger partial charge in [-0.05, 0) is 38.5 Å². The summed E-state index contributed by atoms with van der Waals surface area (Å²) in [5.74, 6) is 0.442.